The average Bonchev–Trinajstić information content (AvgIpc) is 2.27. The Hall–Kier alpha value is -1.08. The van der Waals surface area contributed by atoms with E-state index in [1.165, 1.54) is 0 Å². The number of nitriles is 1. The normalized spacial score (nSPS) is 25.6. The number of carbonyl (C=O) groups is 1. The number of rotatable bonds is 4. The summed E-state index contributed by atoms with van der Waals surface area (Å²) in [5, 5.41) is 17.2. The molecule has 15 heavy (non-hydrogen) atoms. The van der Waals surface area contributed by atoms with E-state index in [1.54, 1.807) is 6.07 Å². The molecule has 0 aromatic carbocycles. The zero-order chi connectivity index (χ0) is 11.1. The van der Waals surface area contributed by atoms with Gasteiger partial charge in [-0.05, 0) is 37.5 Å². The minimum absolute atomic E-state index is 0.161. The smallest absolute Gasteiger partial charge is 0.320 e. The molecule has 4 nitrogen and oxygen atoms in total. The molecule has 0 heterocycles. The van der Waals surface area contributed by atoms with E-state index in [4.69, 9.17) is 15.1 Å². The van der Waals surface area contributed by atoms with Gasteiger partial charge in [-0.2, -0.15) is 5.26 Å². The molecule has 0 radical (unpaired) electrons. The number of hydrogen-bond acceptors (Lipinski definition) is 4. The fraction of sp³-hybridized carbons (Fsp3) is 0.818. The van der Waals surface area contributed by atoms with Crippen molar-refractivity contribution in [3.63, 3.8) is 0 Å². The third kappa shape index (κ3) is 4.30. The van der Waals surface area contributed by atoms with Gasteiger partial charge in [0.05, 0.1) is 12.7 Å². The highest BCUT2D eigenvalue weighted by Crippen LogP contribution is 2.28. The van der Waals surface area contributed by atoms with Crippen LogP contribution < -0.4 is 0 Å². The SMILES string of the molecule is N#CCC(=O)OCC1CCC(CO)CC1. The van der Waals surface area contributed by atoms with E-state index in [0.717, 1.165) is 25.7 Å². The molecule has 0 atom stereocenters. The van der Waals surface area contributed by atoms with Crippen LogP contribution in [0.2, 0.25) is 0 Å². The fourth-order valence-corrected chi connectivity index (χ4v) is 1.91. The first-order chi connectivity index (χ1) is 7.26. The van der Waals surface area contributed by atoms with E-state index in [0.29, 0.717) is 18.4 Å². The minimum atomic E-state index is -0.429. The summed E-state index contributed by atoms with van der Waals surface area (Å²) in [5.41, 5.74) is 0. The van der Waals surface area contributed by atoms with Crippen molar-refractivity contribution in [2.45, 2.75) is 32.1 Å². The summed E-state index contributed by atoms with van der Waals surface area (Å²) < 4.78 is 4.97. The number of carbonyl (C=O) groups excluding carboxylic acids is 1. The molecule has 1 saturated carbocycles. The Kier molecular flexibility index (Phi) is 5.13. The van der Waals surface area contributed by atoms with Crippen LogP contribution in [-0.4, -0.2) is 24.3 Å². The number of nitrogens with zero attached hydrogens (tertiary/aromatic N) is 1. The van der Waals surface area contributed by atoms with Crippen molar-refractivity contribution in [2.24, 2.45) is 11.8 Å². The Morgan fingerprint density at radius 3 is 2.47 bits per heavy atom. The largest absolute Gasteiger partial charge is 0.465 e. The van der Waals surface area contributed by atoms with Gasteiger partial charge in [0, 0.05) is 6.61 Å². The van der Waals surface area contributed by atoms with Crippen LogP contribution >= 0.6 is 0 Å². The van der Waals surface area contributed by atoms with Crippen LogP contribution in [0.5, 0.6) is 0 Å². The Morgan fingerprint density at radius 1 is 1.33 bits per heavy atom. The van der Waals surface area contributed by atoms with Gasteiger partial charge in [0.1, 0.15) is 6.42 Å². The predicted molar refractivity (Wildman–Crippen MR) is 53.7 cm³/mol. The van der Waals surface area contributed by atoms with Gasteiger partial charge in [0.2, 0.25) is 0 Å². The Bertz CT molecular complexity index is 239. The van der Waals surface area contributed by atoms with Crippen molar-refractivity contribution in [1.29, 1.82) is 5.26 Å². The van der Waals surface area contributed by atoms with Crippen LogP contribution in [0.3, 0.4) is 0 Å². The van der Waals surface area contributed by atoms with Crippen LogP contribution in [0.1, 0.15) is 32.1 Å². The summed E-state index contributed by atoms with van der Waals surface area (Å²) in [6.07, 6.45) is 3.87. The summed E-state index contributed by atoms with van der Waals surface area (Å²) >= 11 is 0. The topological polar surface area (TPSA) is 70.3 Å². The Labute approximate surface area is 89.8 Å². The molecule has 0 bridgehead atoms. The van der Waals surface area contributed by atoms with Crippen molar-refractivity contribution >= 4 is 5.97 Å². The van der Waals surface area contributed by atoms with Crippen molar-refractivity contribution in [1.82, 2.24) is 0 Å². The van der Waals surface area contributed by atoms with Crippen molar-refractivity contribution in [3.05, 3.63) is 0 Å². The minimum Gasteiger partial charge on any atom is -0.465 e. The third-order valence-electron chi connectivity index (χ3n) is 2.93. The second-order valence-corrected chi connectivity index (χ2v) is 4.09. The van der Waals surface area contributed by atoms with Gasteiger partial charge in [-0.3, -0.25) is 4.79 Å². The van der Waals surface area contributed by atoms with Gasteiger partial charge in [-0.1, -0.05) is 0 Å². The summed E-state index contributed by atoms with van der Waals surface area (Å²) in [4.78, 5) is 10.9. The first-order valence-corrected chi connectivity index (χ1v) is 5.39. The number of aliphatic hydroxyl groups excluding tert-OH is 1. The average molecular weight is 211 g/mol. The lowest BCUT2D eigenvalue weighted by atomic mass is 9.83. The molecule has 0 aromatic heterocycles. The maximum atomic E-state index is 10.9. The number of hydrogen-bond donors (Lipinski definition) is 1. The Morgan fingerprint density at radius 2 is 1.93 bits per heavy atom. The van der Waals surface area contributed by atoms with Crippen molar-refractivity contribution in [2.75, 3.05) is 13.2 Å². The maximum Gasteiger partial charge on any atom is 0.320 e. The maximum absolute atomic E-state index is 10.9. The monoisotopic (exact) mass is 211 g/mol. The molecule has 1 rings (SSSR count). The van der Waals surface area contributed by atoms with Crippen molar-refractivity contribution < 1.29 is 14.6 Å². The second kappa shape index (κ2) is 6.41. The lowest BCUT2D eigenvalue weighted by Crippen LogP contribution is -2.21. The van der Waals surface area contributed by atoms with E-state index in [9.17, 15) is 4.79 Å². The summed E-state index contributed by atoms with van der Waals surface area (Å²) in [7, 11) is 0. The van der Waals surface area contributed by atoms with Gasteiger partial charge >= 0.3 is 5.97 Å². The first kappa shape index (κ1) is 12.0. The molecule has 4 heteroatoms. The molecule has 0 aromatic rings. The number of esters is 1. The number of aliphatic hydroxyl groups is 1. The first-order valence-electron chi connectivity index (χ1n) is 5.39. The molecular weight excluding hydrogens is 194 g/mol. The standard InChI is InChI=1S/C11H17NO3/c12-6-5-11(14)15-8-10-3-1-9(7-13)2-4-10/h9-10,13H,1-5,7-8H2. The van der Waals surface area contributed by atoms with E-state index in [-0.39, 0.29) is 13.0 Å². The lowest BCUT2D eigenvalue weighted by Gasteiger charge is -2.26. The van der Waals surface area contributed by atoms with Gasteiger partial charge in [-0.15, -0.1) is 0 Å². The fourth-order valence-electron chi connectivity index (χ4n) is 1.91. The van der Waals surface area contributed by atoms with Crippen LogP contribution in [0.4, 0.5) is 0 Å². The van der Waals surface area contributed by atoms with Gasteiger partial charge < -0.3 is 9.84 Å². The summed E-state index contributed by atoms with van der Waals surface area (Å²) in [5.74, 6) is 0.410. The second-order valence-electron chi connectivity index (χ2n) is 4.09. The molecule has 1 aliphatic rings. The number of ether oxygens (including phenoxy) is 1. The van der Waals surface area contributed by atoms with Gasteiger partial charge in [0.15, 0.2) is 0 Å². The van der Waals surface area contributed by atoms with Crippen LogP contribution in [0.25, 0.3) is 0 Å². The zero-order valence-electron chi connectivity index (χ0n) is 8.82. The van der Waals surface area contributed by atoms with Crippen LogP contribution in [0.15, 0.2) is 0 Å². The molecule has 1 aliphatic carbocycles. The molecule has 1 N–H and O–H groups in total. The molecule has 0 unspecified atom stereocenters. The van der Waals surface area contributed by atoms with E-state index >= 15 is 0 Å². The molecule has 0 saturated heterocycles. The molecule has 0 aliphatic heterocycles. The molecule has 84 valence electrons. The lowest BCUT2D eigenvalue weighted by molar-refractivity contribution is -0.144. The van der Waals surface area contributed by atoms with Crippen LogP contribution in [0, 0.1) is 23.2 Å². The Balaban J connectivity index is 2.14. The predicted octanol–water partition coefficient (Wildman–Crippen LogP) is 1.24. The third-order valence-corrected chi connectivity index (χ3v) is 2.93. The molecule has 0 spiro atoms. The highest BCUT2D eigenvalue weighted by Gasteiger charge is 2.21. The van der Waals surface area contributed by atoms with Gasteiger partial charge in [0.25, 0.3) is 0 Å². The highest BCUT2D eigenvalue weighted by atomic mass is 16.5. The highest BCUT2D eigenvalue weighted by molar-refractivity contribution is 5.71. The van der Waals surface area contributed by atoms with E-state index < -0.39 is 5.97 Å². The van der Waals surface area contributed by atoms with Crippen molar-refractivity contribution in [3.8, 4) is 6.07 Å². The van der Waals surface area contributed by atoms with E-state index in [2.05, 4.69) is 0 Å². The molecule has 0 amide bonds. The quantitative estimate of drug-likeness (QED) is 0.710. The van der Waals surface area contributed by atoms with Gasteiger partial charge in [-0.25, -0.2) is 0 Å². The summed E-state index contributed by atoms with van der Waals surface area (Å²) in [6, 6.07) is 1.76. The van der Waals surface area contributed by atoms with Crippen LogP contribution in [-0.2, 0) is 9.53 Å². The zero-order valence-corrected chi connectivity index (χ0v) is 8.82. The molecular formula is C11H17NO3. The summed E-state index contributed by atoms with van der Waals surface area (Å²) in [6.45, 7) is 0.694. The molecule has 1 fully saturated rings. The van der Waals surface area contributed by atoms with E-state index in [1.807, 2.05) is 0 Å².